The predicted octanol–water partition coefficient (Wildman–Crippen LogP) is 5.11. The number of nitrogens with one attached hydrogen (secondary N) is 1. The molecule has 0 radical (unpaired) electrons. The van der Waals surface area contributed by atoms with Gasteiger partial charge in [-0.3, -0.25) is 14.3 Å². The lowest BCUT2D eigenvalue weighted by Gasteiger charge is -2.22. The van der Waals surface area contributed by atoms with Gasteiger partial charge in [0.15, 0.2) is 5.82 Å². The van der Waals surface area contributed by atoms with E-state index in [0.717, 1.165) is 5.39 Å². The summed E-state index contributed by atoms with van der Waals surface area (Å²) in [5.41, 5.74) is 3.31. The number of halogens is 1. The third-order valence-electron chi connectivity index (χ3n) is 6.45. The zero-order chi connectivity index (χ0) is 26.9. The Morgan fingerprint density at radius 1 is 0.949 bits per heavy atom. The molecular formula is C29H22FN7O2. The van der Waals surface area contributed by atoms with E-state index in [1.54, 1.807) is 36.8 Å². The van der Waals surface area contributed by atoms with Crippen LogP contribution < -0.4 is 15.6 Å². The van der Waals surface area contributed by atoms with E-state index in [1.807, 2.05) is 37.3 Å². The van der Waals surface area contributed by atoms with Crippen LogP contribution in [0.3, 0.4) is 0 Å². The first-order valence-corrected chi connectivity index (χ1v) is 12.2. The van der Waals surface area contributed by atoms with Gasteiger partial charge in [0.2, 0.25) is 0 Å². The van der Waals surface area contributed by atoms with Crippen molar-refractivity contribution in [2.75, 3.05) is 12.4 Å². The number of ether oxygens (including phenoxy) is 1. The van der Waals surface area contributed by atoms with Crippen LogP contribution in [0.25, 0.3) is 38.6 Å². The molecule has 9 nitrogen and oxygen atoms in total. The first-order valence-electron chi connectivity index (χ1n) is 12.2. The van der Waals surface area contributed by atoms with E-state index in [1.165, 1.54) is 30.1 Å². The number of methoxy groups -OCH3 is 1. The molecule has 0 aliphatic carbocycles. The van der Waals surface area contributed by atoms with Crippen LogP contribution in [0, 0.1) is 5.82 Å². The molecule has 0 spiro atoms. The highest BCUT2D eigenvalue weighted by atomic mass is 19.1. The fraction of sp³-hybridized carbons (Fsp3) is 0.103. The fourth-order valence-corrected chi connectivity index (χ4v) is 4.66. The van der Waals surface area contributed by atoms with Gasteiger partial charge < -0.3 is 10.1 Å². The molecule has 0 bridgehead atoms. The standard InChI is InChI=1S/C29H22FN7O2/c1-17(36-27-26-23(34-16-35-27)10-5-11-31-26)24-12-18-6-3-9-22(19-14-32-29(39-2)33-15-19)25(18)28(38)37(24)21-8-4-7-20(30)13-21/h3-17H,1-2H3,(H,34,35,36). The predicted molar refractivity (Wildman–Crippen MR) is 146 cm³/mol. The van der Waals surface area contributed by atoms with Gasteiger partial charge in [-0.25, -0.2) is 24.3 Å². The number of pyridine rings is 2. The molecule has 6 rings (SSSR count). The number of hydrogen-bond donors (Lipinski definition) is 1. The average molecular weight is 520 g/mol. The summed E-state index contributed by atoms with van der Waals surface area (Å²) in [5.74, 6) is 0.0736. The SMILES string of the molecule is COc1ncc(-c2cccc3cc(C(C)Nc4ncnc5cccnc45)n(-c4cccc(F)c4)c(=O)c23)cn1. The maximum Gasteiger partial charge on any atom is 0.316 e. The first-order chi connectivity index (χ1) is 19.0. The van der Waals surface area contributed by atoms with Gasteiger partial charge in [-0.1, -0.05) is 24.3 Å². The summed E-state index contributed by atoms with van der Waals surface area (Å²) < 4.78 is 21.0. The van der Waals surface area contributed by atoms with Gasteiger partial charge >= 0.3 is 6.01 Å². The van der Waals surface area contributed by atoms with E-state index >= 15 is 0 Å². The second-order valence-electron chi connectivity index (χ2n) is 8.88. The Bertz CT molecular complexity index is 1890. The minimum atomic E-state index is -0.450. The van der Waals surface area contributed by atoms with Crippen LogP contribution >= 0.6 is 0 Å². The van der Waals surface area contributed by atoms with Crippen molar-refractivity contribution in [3.63, 3.8) is 0 Å². The van der Waals surface area contributed by atoms with Gasteiger partial charge in [0, 0.05) is 29.8 Å². The minimum absolute atomic E-state index is 0.227. The Morgan fingerprint density at radius 2 is 1.77 bits per heavy atom. The number of hydrogen-bond acceptors (Lipinski definition) is 8. The van der Waals surface area contributed by atoms with E-state index < -0.39 is 11.9 Å². The molecule has 1 unspecified atom stereocenters. The Hall–Kier alpha value is -5.25. The minimum Gasteiger partial charge on any atom is -0.467 e. The number of rotatable bonds is 6. The molecule has 39 heavy (non-hydrogen) atoms. The second-order valence-corrected chi connectivity index (χ2v) is 8.88. The second kappa shape index (κ2) is 9.90. The fourth-order valence-electron chi connectivity index (χ4n) is 4.66. The molecule has 10 heteroatoms. The molecule has 0 fully saturated rings. The van der Waals surface area contributed by atoms with E-state index in [9.17, 15) is 9.18 Å². The zero-order valence-corrected chi connectivity index (χ0v) is 21.0. The van der Waals surface area contributed by atoms with Crippen molar-refractivity contribution in [1.29, 1.82) is 0 Å². The van der Waals surface area contributed by atoms with Crippen molar-refractivity contribution < 1.29 is 9.13 Å². The van der Waals surface area contributed by atoms with Crippen molar-refractivity contribution in [3.05, 3.63) is 107 Å². The Balaban J connectivity index is 1.56. The topological polar surface area (TPSA) is 108 Å². The van der Waals surface area contributed by atoms with Crippen LogP contribution in [0.2, 0.25) is 0 Å². The summed E-state index contributed by atoms with van der Waals surface area (Å²) in [6.07, 6.45) is 6.35. The molecule has 0 saturated heterocycles. The molecule has 4 aromatic heterocycles. The Labute approximate surface area is 222 Å². The van der Waals surface area contributed by atoms with Crippen molar-refractivity contribution >= 4 is 27.6 Å². The van der Waals surface area contributed by atoms with Gasteiger partial charge in [-0.15, -0.1) is 0 Å². The zero-order valence-electron chi connectivity index (χ0n) is 21.0. The molecule has 6 aromatic rings. The lowest BCUT2D eigenvalue weighted by atomic mass is 9.99. The third-order valence-corrected chi connectivity index (χ3v) is 6.45. The third kappa shape index (κ3) is 4.42. The highest BCUT2D eigenvalue weighted by molar-refractivity contribution is 5.96. The monoisotopic (exact) mass is 519 g/mol. The number of aromatic nitrogens is 6. The molecule has 0 saturated carbocycles. The summed E-state index contributed by atoms with van der Waals surface area (Å²) in [5, 5.41) is 4.55. The quantitative estimate of drug-likeness (QED) is 0.324. The highest BCUT2D eigenvalue weighted by Gasteiger charge is 2.20. The van der Waals surface area contributed by atoms with E-state index in [4.69, 9.17) is 4.74 Å². The molecule has 192 valence electrons. The smallest absolute Gasteiger partial charge is 0.316 e. The molecule has 1 N–H and O–H groups in total. The van der Waals surface area contributed by atoms with E-state index in [2.05, 4.69) is 30.2 Å². The van der Waals surface area contributed by atoms with Crippen LogP contribution in [0.1, 0.15) is 18.7 Å². The van der Waals surface area contributed by atoms with Gasteiger partial charge in [0.05, 0.1) is 29.7 Å². The maximum absolute atomic E-state index is 14.4. The van der Waals surface area contributed by atoms with E-state index in [-0.39, 0.29) is 11.6 Å². The average Bonchev–Trinajstić information content (AvgIpc) is 2.97. The Morgan fingerprint density at radius 3 is 2.56 bits per heavy atom. The molecule has 0 aliphatic heterocycles. The summed E-state index contributed by atoms with van der Waals surface area (Å²) in [7, 11) is 1.49. The van der Waals surface area contributed by atoms with Crippen molar-refractivity contribution in [2.45, 2.75) is 13.0 Å². The number of anilines is 1. The van der Waals surface area contributed by atoms with Crippen molar-refractivity contribution in [2.24, 2.45) is 0 Å². The highest BCUT2D eigenvalue weighted by Crippen LogP contribution is 2.30. The van der Waals surface area contributed by atoms with Gasteiger partial charge in [-0.05, 0) is 54.3 Å². The van der Waals surface area contributed by atoms with Crippen molar-refractivity contribution in [3.8, 4) is 22.8 Å². The number of benzene rings is 2. The molecule has 0 aliphatic rings. The number of fused-ring (bicyclic) bond motifs is 2. The lowest BCUT2D eigenvalue weighted by Crippen LogP contribution is -2.26. The summed E-state index contributed by atoms with van der Waals surface area (Å²) >= 11 is 0. The van der Waals surface area contributed by atoms with Crippen LogP contribution in [-0.2, 0) is 0 Å². The summed E-state index contributed by atoms with van der Waals surface area (Å²) in [4.78, 5) is 35.7. The van der Waals surface area contributed by atoms with Gasteiger partial charge in [0.1, 0.15) is 17.7 Å². The van der Waals surface area contributed by atoms with Crippen LogP contribution in [0.15, 0.2) is 90.4 Å². The summed E-state index contributed by atoms with van der Waals surface area (Å²) in [6, 6.07) is 16.9. The molecular weight excluding hydrogens is 497 g/mol. The molecule has 1 atom stereocenters. The van der Waals surface area contributed by atoms with E-state index in [0.29, 0.717) is 44.7 Å². The normalized spacial score (nSPS) is 12.0. The Kier molecular flexibility index (Phi) is 6.12. The molecule has 2 aromatic carbocycles. The van der Waals surface area contributed by atoms with Crippen LogP contribution in [0.4, 0.5) is 10.2 Å². The van der Waals surface area contributed by atoms with Gasteiger partial charge in [0.25, 0.3) is 5.56 Å². The van der Waals surface area contributed by atoms with Crippen molar-refractivity contribution in [1.82, 2.24) is 29.5 Å². The van der Waals surface area contributed by atoms with Crippen LogP contribution in [0.5, 0.6) is 6.01 Å². The lowest BCUT2D eigenvalue weighted by molar-refractivity contribution is 0.380. The summed E-state index contributed by atoms with van der Waals surface area (Å²) in [6.45, 7) is 1.91. The first kappa shape index (κ1) is 24.1. The van der Waals surface area contributed by atoms with Crippen LogP contribution in [-0.4, -0.2) is 36.6 Å². The molecule has 0 amide bonds. The largest absolute Gasteiger partial charge is 0.467 e. The maximum atomic E-state index is 14.4. The van der Waals surface area contributed by atoms with Gasteiger partial charge in [-0.2, -0.15) is 0 Å². The molecule has 4 heterocycles. The number of nitrogens with zero attached hydrogens (tertiary/aromatic N) is 6.